The first kappa shape index (κ1) is 14.0. The second kappa shape index (κ2) is 6.19. The van der Waals surface area contributed by atoms with Crippen LogP contribution in [-0.4, -0.2) is 18.8 Å². The van der Waals surface area contributed by atoms with Gasteiger partial charge in [0, 0.05) is 12.5 Å². The lowest BCUT2D eigenvalue weighted by Gasteiger charge is -2.16. The highest BCUT2D eigenvalue weighted by atomic mass is 16.5. The van der Waals surface area contributed by atoms with Crippen LogP contribution in [0.1, 0.15) is 18.1 Å². The first-order valence-corrected chi connectivity index (χ1v) is 7.43. The van der Waals surface area contributed by atoms with Crippen LogP contribution in [-0.2, 0) is 12.8 Å². The summed E-state index contributed by atoms with van der Waals surface area (Å²) < 4.78 is 11.9. The van der Waals surface area contributed by atoms with E-state index in [-0.39, 0.29) is 12.1 Å². The van der Waals surface area contributed by atoms with E-state index in [1.807, 2.05) is 43.3 Å². The average Bonchev–Trinajstić information content (AvgIpc) is 2.88. The number of ether oxygens (including phenoxy) is 2. The summed E-state index contributed by atoms with van der Waals surface area (Å²) >= 11 is 0. The molecule has 0 aliphatic carbocycles. The highest BCUT2D eigenvalue weighted by Gasteiger charge is 2.23. The molecule has 0 radical (unpaired) electrons. The van der Waals surface area contributed by atoms with Gasteiger partial charge in [0.1, 0.15) is 24.2 Å². The molecule has 0 spiro atoms. The van der Waals surface area contributed by atoms with Gasteiger partial charge in [0.2, 0.25) is 0 Å². The highest BCUT2D eigenvalue weighted by molar-refractivity contribution is 5.38. The molecule has 2 unspecified atom stereocenters. The summed E-state index contributed by atoms with van der Waals surface area (Å²) in [5, 5.41) is 0. The van der Waals surface area contributed by atoms with Crippen molar-refractivity contribution in [1.29, 1.82) is 0 Å². The van der Waals surface area contributed by atoms with Gasteiger partial charge in [0.05, 0.1) is 0 Å². The standard InChI is InChI=1S/C18H21NO2/c1-13(19)10-14-6-2-4-8-17(14)20-12-16-11-15-7-3-5-9-18(15)21-16/h2-9,13,16H,10-12,19H2,1H3. The summed E-state index contributed by atoms with van der Waals surface area (Å²) in [6.07, 6.45) is 1.82. The van der Waals surface area contributed by atoms with Gasteiger partial charge in [0.25, 0.3) is 0 Å². The molecule has 3 rings (SSSR count). The van der Waals surface area contributed by atoms with E-state index in [1.54, 1.807) is 0 Å². The molecule has 1 aliphatic heterocycles. The fourth-order valence-corrected chi connectivity index (χ4v) is 2.69. The molecule has 21 heavy (non-hydrogen) atoms. The van der Waals surface area contributed by atoms with Crippen LogP contribution in [0.15, 0.2) is 48.5 Å². The first-order chi connectivity index (χ1) is 10.2. The molecule has 0 saturated carbocycles. The predicted octanol–water partition coefficient (Wildman–Crippen LogP) is 2.96. The van der Waals surface area contributed by atoms with E-state index in [0.29, 0.717) is 6.61 Å². The lowest BCUT2D eigenvalue weighted by Crippen LogP contribution is -2.23. The third kappa shape index (κ3) is 3.37. The number of hydrogen-bond donors (Lipinski definition) is 1. The van der Waals surface area contributed by atoms with Crippen molar-refractivity contribution in [3.8, 4) is 11.5 Å². The zero-order valence-corrected chi connectivity index (χ0v) is 12.3. The first-order valence-electron chi connectivity index (χ1n) is 7.43. The van der Waals surface area contributed by atoms with E-state index in [0.717, 1.165) is 29.9 Å². The molecule has 2 aromatic rings. The van der Waals surface area contributed by atoms with E-state index in [9.17, 15) is 0 Å². The molecule has 0 amide bonds. The molecule has 1 heterocycles. The summed E-state index contributed by atoms with van der Waals surface area (Å²) in [6, 6.07) is 16.4. The minimum absolute atomic E-state index is 0.0887. The number of hydrogen-bond acceptors (Lipinski definition) is 3. The van der Waals surface area contributed by atoms with Crippen molar-refractivity contribution < 1.29 is 9.47 Å². The molecule has 2 aromatic carbocycles. The molecular weight excluding hydrogens is 262 g/mol. The van der Waals surface area contributed by atoms with E-state index in [2.05, 4.69) is 12.1 Å². The van der Waals surface area contributed by atoms with Gasteiger partial charge < -0.3 is 15.2 Å². The van der Waals surface area contributed by atoms with Crippen LogP contribution in [0, 0.1) is 0 Å². The minimum Gasteiger partial charge on any atom is -0.489 e. The third-order valence-electron chi connectivity index (χ3n) is 3.65. The van der Waals surface area contributed by atoms with Crippen LogP contribution in [0.25, 0.3) is 0 Å². The minimum atomic E-state index is 0.0887. The van der Waals surface area contributed by atoms with Crippen molar-refractivity contribution in [2.45, 2.75) is 31.9 Å². The van der Waals surface area contributed by atoms with Gasteiger partial charge in [0.15, 0.2) is 0 Å². The Morgan fingerprint density at radius 2 is 1.95 bits per heavy atom. The van der Waals surface area contributed by atoms with Crippen LogP contribution < -0.4 is 15.2 Å². The van der Waals surface area contributed by atoms with Gasteiger partial charge in [-0.1, -0.05) is 36.4 Å². The smallest absolute Gasteiger partial charge is 0.137 e. The highest BCUT2D eigenvalue weighted by Crippen LogP contribution is 2.29. The number of rotatable bonds is 5. The Morgan fingerprint density at radius 3 is 2.76 bits per heavy atom. The molecule has 2 N–H and O–H groups in total. The molecule has 2 atom stereocenters. The molecule has 1 aliphatic rings. The van der Waals surface area contributed by atoms with Crippen molar-refractivity contribution in [3.63, 3.8) is 0 Å². The SMILES string of the molecule is CC(N)Cc1ccccc1OCC1Cc2ccccc2O1. The molecule has 0 aromatic heterocycles. The van der Waals surface area contributed by atoms with Gasteiger partial charge >= 0.3 is 0 Å². The zero-order chi connectivity index (χ0) is 14.7. The third-order valence-corrected chi connectivity index (χ3v) is 3.65. The summed E-state index contributed by atoms with van der Waals surface area (Å²) in [4.78, 5) is 0. The van der Waals surface area contributed by atoms with Gasteiger partial charge in [-0.3, -0.25) is 0 Å². The Hall–Kier alpha value is -2.00. The molecule has 0 saturated heterocycles. The number of nitrogens with two attached hydrogens (primary N) is 1. The van der Waals surface area contributed by atoms with Crippen molar-refractivity contribution in [1.82, 2.24) is 0 Å². The zero-order valence-electron chi connectivity index (χ0n) is 12.3. The Kier molecular flexibility index (Phi) is 4.11. The summed E-state index contributed by atoms with van der Waals surface area (Å²) in [5.74, 6) is 1.89. The van der Waals surface area contributed by atoms with Gasteiger partial charge in [-0.25, -0.2) is 0 Å². The number of fused-ring (bicyclic) bond motifs is 1. The van der Waals surface area contributed by atoms with Crippen LogP contribution in [0.2, 0.25) is 0 Å². The van der Waals surface area contributed by atoms with E-state index in [4.69, 9.17) is 15.2 Å². The van der Waals surface area contributed by atoms with Crippen LogP contribution in [0.5, 0.6) is 11.5 Å². The maximum atomic E-state index is 5.97. The van der Waals surface area contributed by atoms with Crippen molar-refractivity contribution in [2.24, 2.45) is 5.73 Å². The van der Waals surface area contributed by atoms with Gasteiger partial charge in [-0.2, -0.15) is 0 Å². The lowest BCUT2D eigenvalue weighted by molar-refractivity contribution is 0.147. The fourth-order valence-electron chi connectivity index (χ4n) is 2.69. The molecular formula is C18H21NO2. The quantitative estimate of drug-likeness (QED) is 0.917. The second-order valence-corrected chi connectivity index (χ2v) is 5.65. The Balaban J connectivity index is 1.62. The van der Waals surface area contributed by atoms with E-state index >= 15 is 0 Å². The average molecular weight is 283 g/mol. The Labute approximate surface area is 125 Å². The normalized spacial score (nSPS) is 17.9. The molecule has 0 bridgehead atoms. The Bertz CT molecular complexity index is 585. The number of benzene rings is 2. The lowest BCUT2D eigenvalue weighted by atomic mass is 10.1. The van der Waals surface area contributed by atoms with Crippen LogP contribution in [0.4, 0.5) is 0 Å². The summed E-state index contributed by atoms with van der Waals surface area (Å²) in [6.45, 7) is 2.57. The fraction of sp³-hybridized carbons (Fsp3) is 0.333. The van der Waals surface area contributed by atoms with E-state index in [1.165, 1.54) is 5.56 Å². The topological polar surface area (TPSA) is 44.5 Å². The Morgan fingerprint density at radius 1 is 1.19 bits per heavy atom. The molecule has 3 nitrogen and oxygen atoms in total. The maximum absolute atomic E-state index is 5.97. The van der Waals surface area contributed by atoms with E-state index < -0.39 is 0 Å². The maximum Gasteiger partial charge on any atom is 0.137 e. The predicted molar refractivity (Wildman–Crippen MR) is 83.9 cm³/mol. The molecule has 110 valence electrons. The van der Waals surface area contributed by atoms with Crippen molar-refractivity contribution in [2.75, 3.05) is 6.61 Å². The molecule has 3 heteroatoms. The van der Waals surface area contributed by atoms with Gasteiger partial charge in [-0.05, 0) is 36.6 Å². The van der Waals surface area contributed by atoms with Crippen LogP contribution >= 0.6 is 0 Å². The summed E-state index contributed by atoms with van der Waals surface area (Å²) in [5.41, 5.74) is 8.30. The van der Waals surface area contributed by atoms with Gasteiger partial charge in [-0.15, -0.1) is 0 Å². The summed E-state index contributed by atoms with van der Waals surface area (Å²) in [7, 11) is 0. The molecule has 0 fully saturated rings. The van der Waals surface area contributed by atoms with Crippen LogP contribution in [0.3, 0.4) is 0 Å². The van der Waals surface area contributed by atoms with Crippen molar-refractivity contribution >= 4 is 0 Å². The largest absolute Gasteiger partial charge is 0.489 e. The second-order valence-electron chi connectivity index (χ2n) is 5.65. The number of para-hydroxylation sites is 2. The van der Waals surface area contributed by atoms with Crippen molar-refractivity contribution in [3.05, 3.63) is 59.7 Å². The monoisotopic (exact) mass is 283 g/mol.